The highest BCUT2D eigenvalue weighted by atomic mass is 32.1. The van der Waals surface area contributed by atoms with E-state index in [9.17, 15) is 24.6 Å². The van der Waals surface area contributed by atoms with Gasteiger partial charge in [0.2, 0.25) is 17.6 Å². The van der Waals surface area contributed by atoms with E-state index in [1.165, 1.54) is 22.4 Å². The van der Waals surface area contributed by atoms with E-state index in [0.717, 1.165) is 0 Å². The maximum atomic E-state index is 12.7. The Bertz CT molecular complexity index is 782. The van der Waals surface area contributed by atoms with Gasteiger partial charge in [-0.3, -0.25) is 24.3 Å². The number of aliphatic hydroxyl groups is 2. The molecule has 7 N–H and O–H groups in total. The number of aromatic nitrogens is 1. The fourth-order valence-corrected chi connectivity index (χ4v) is 3.89. The number of carbonyl (C=O) groups is 3. The first-order valence-corrected chi connectivity index (χ1v) is 10.7. The molecule has 13 heteroatoms. The minimum Gasteiger partial charge on any atom is -0.370 e. The molecule has 12 nitrogen and oxygen atoms in total. The van der Waals surface area contributed by atoms with E-state index in [4.69, 9.17) is 11.5 Å². The zero-order chi connectivity index (χ0) is 23.0. The van der Waals surface area contributed by atoms with Crippen molar-refractivity contribution in [2.24, 2.45) is 16.5 Å². The molecule has 1 saturated heterocycles. The summed E-state index contributed by atoms with van der Waals surface area (Å²) in [5, 5.41) is 23.1. The van der Waals surface area contributed by atoms with Crippen molar-refractivity contribution in [1.29, 1.82) is 0 Å². The number of rotatable bonds is 11. The molecule has 1 aromatic rings. The molecule has 0 aromatic carbocycles. The minimum atomic E-state index is -1.63. The molecule has 2 heterocycles. The Balaban J connectivity index is 2.00. The van der Waals surface area contributed by atoms with E-state index >= 15 is 0 Å². The van der Waals surface area contributed by atoms with Crippen molar-refractivity contribution < 1.29 is 24.6 Å². The van der Waals surface area contributed by atoms with Gasteiger partial charge in [-0.05, 0) is 19.9 Å². The Hall–Kier alpha value is -2.61. The van der Waals surface area contributed by atoms with Gasteiger partial charge in [-0.1, -0.05) is 0 Å². The molecule has 0 radical (unpaired) electrons. The van der Waals surface area contributed by atoms with Crippen LogP contribution in [0, 0.1) is 0 Å². The predicted molar refractivity (Wildman–Crippen MR) is 114 cm³/mol. The number of hydrogen-bond donors (Lipinski definition) is 5. The Morgan fingerprint density at radius 2 is 2.13 bits per heavy atom. The number of thiazole rings is 1. The van der Waals surface area contributed by atoms with Crippen LogP contribution in [0.2, 0.25) is 0 Å². The zero-order valence-electron chi connectivity index (χ0n) is 17.3. The average Bonchev–Trinajstić information content (AvgIpc) is 3.23. The number of nitrogens with two attached hydrogens (primary N) is 2. The van der Waals surface area contributed by atoms with Crippen molar-refractivity contribution in [1.82, 2.24) is 20.1 Å². The minimum absolute atomic E-state index is 0.0528. The maximum Gasteiger partial charge on any atom is 0.240 e. The van der Waals surface area contributed by atoms with Crippen LogP contribution in [0.25, 0.3) is 0 Å². The maximum absolute atomic E-state index is 12.7. The van der Waals surface area contributed by atoms with Gasteiger partial charge < -0.3 is 31.9 Å². The normalized spacial score (nSPS) is 18.1. The first-order chi connectivity index (χ1) is 14.7. The van der Waals surface area contributed by atoms with Crippen molar-refractivity contribution >= 4 is 34.9 Å². The number of piperazine rings is 1. The summed E-state index contributed by atoms with van der Waals surface area (Å²) in [6.45, 7) is 0.870. The second-order valence-electron chi connectivity index (χ2n) is 7.24. The van der Waals surface area contributed by atoms with Crippen molar-refractivity contribution in [3.8, 4) is 0 Å². The number of aliphatic imine (C=N–C) groups is 1. The highest BCUT2D eigenvalue weighted by molar-refractivity contribution is 7.11. The topological polar surface area (TPSA) is 187 Å². The van der Waals surface area contributed by atoms with Crippen molar-refractivity contribution in [2.75, 3.05) is 33.2 Å². The van der Waals surface area contributed by atoms with Gasteiger partial charge in [0, 0.05) is 37.6 Å². The summed E-state index contributed by atoms with van der Waals surface area (Å²) in [7, 11) is 1.71. The summed E-state index contributed by atoms with van der Waals surface area (Å²) in [5.41, 5.74) is 10.6. The van der Waals surface area contributed by atoms with Crippen LogP contribution in [-0.4, -0.2) is 100 Å². The van der Waals surface area contributed by atoms with Crippen LogP contribution in [0.15, 0.2) is 16.6 Å². The lowest BCUT2D eigenvalue weighted by Gasteiger charge is -2.38. The third kappa shape index (κ3) is 7.54. The van der Waals surface area contributed by atoms with Gasteiger partial charge in [0.05, 0.1) is 18.6 Å². The number of Topliss-reactive ketones (excluding diaryl/α,β-unsaturated/α-hetero) is 1. The van der Waals surface area contributed by atoms with Crippen LogP contribution >= 0.6 is 11.3 Å². The molecule has 2 atom stereocenters. The van der Waals surface area contributed by atoms with Gasteiger partial charge in [-0.15, -0.1) is 11.3 Å². The van der Waals surface area contributed by atoms with Crippen molar-refractivity contribution in [3.05, 3.63) is 16.6 Å². The molecule has 0 unspecified atom stereocenters. The Labute approximate surface area is 183 Å². The van der Waals surface area contributed by atoms with Crippen molar-refractivity contribution in [3.63, 3.8) is 0 Å². The molecule has 1 fully saturated rings. The van der Waals surface area contributed by atoms with E-state index < -0.39 is 24.3 Å². The van der Waals surface area contributed by atoms with E-state index in [1.807, 2.05) is 0 Å². The summed E-state index contributed by atoms with van der Waals surface area (Å²) in [5.74, 6) is -1.23. The molecule has 0 spiro atoms. The summed E-state index contributed by atoms with van der Waals surface area (Å²) in [6, 6.07) is -1.56. The van der Waals surface area contributed by atoms with Crippen LogP contribution in [0.3, 0.4) is 0 Å². The molecular formula is C18H29N7O5S. The molecule has 1 aliphatic rings. The highest BCUT2D eigenvalue weighted by Gasteiger charge is 2.35. The number of likely N-dealkylation sites (N-methyl/N-ethyl adjacent to an activating group) is 1. The number of nitrogens with one attached hydrogen (secondary N) is 1. The number of guanidine groups is 1. The van der Waals surface area contributed by atoms with Crippen molar-refractivity contribution in [2.45, 2.75) is 37.6 Å². The number of hydrogen-bond acceptors (Lipinski definition) is 9. The van der Waals surface area contributed by atoms with Crippen LogP contribution in [0.1, 0.15) is 29.1 Å². The number of carbonyl (C=O) groups excluding carboxylic acids is 3. The quantitative estimate of drug-likeness (QED) is 0.0804. The standard InChI is InChI=1S/C18H29N7O5S/c1-24-6-7-25(17(30)12(24)9-14(27)28)10-13(26)23-11(3-2-4-22-18(19)20)15(29)16-21-5-8-31-16/h5,8,11-12,14,27-28H,2-4,6-7,9-10H2,1H3,(H,23,26)(H4,19,20,22)/t11-,12+/m0/s1. The molecular weight excluding hydrogens is 426 g/mol. The van der Waals surface area contributed by atoms with Gasteiger partial charge in [0.25, 0.3) is 0 Å². The summed E-state index contributed by atoms with van der Waals surface area (Å²) in [6.07, 6.45) is 0.495. The van der Waals surface area contributed by atoms with Gasteiger partial charge in [0.15, 0.2) is 17.3 Å². The second kappa shape index (κ2) is 11.7. The first kappa shape index (κ1) is 24.7. The lowest BCUT2D eigenvalue weighted by molar-refractivity contribution is -0.148. The number of ketones is 1. The van der Waals surface area contributed by atoms with Crippen LogP contribution in [0.5, 0.6) is 0 Å². The largest absolute Gasteiger partial charge is 0.370 e. The average molecular weight is 456 g/mol. The van der Waals surface area contributed by atoms with Crippen LogP contribution in [0.4, 0.5) is 0 Å². The molecule has 2 rings (SSSR count). The number of nitrogens with zero attached hydrogens (tertiary/aromatic N) is 4. The molecule has 31 heavy (non-hydrogen) atoms. The SMILES string of the molecule is CN1CCN(CC(=O)N[C@@H](CCCN=C(N)N)C(=O)c2nccs2)C(=O)[C@H]1CC(O)O. The highest BCUT2D eigenvalue weighted by Crippen LogP contribution is 2.15. The third-order valence-corrected chi connectivity index (χ3v) is 5.65. The molecule has 172 valence electrons. The fraction of sp³-hybridized carbons (Fsp3) is 0.611. The van der Waals surface area contributed by atoms with Gasteiger partial charge >= 0.3 is 0 Å². The molecule has 0 bridgehead atoms. The van der Waals surface area contributed by atoms with Gasteiger partial charge in [-0.25, -0.2) is 4.98 Å². The van der Waals surface area contributed by atoms with Gasteiger partial charge in [-0.2, -0.15) is 0 Å². The lowest BCUT2D eigenvalue weighted by Crippen LogP contribution is -2.58. The van der Waals surface area contributed by atoms with Crippen LogP contribution in [-0.2, 0) is 9.59 Å². The Kier molecular flexibility index (Phi) is 9.30. The monoisotopic (exact) mass is 455 g/mol. The summed E-state index contributed by atoms with van der Waals surface area (Å²) >= 11 is 1.18. The predicted octanol–water partition coefficient (Wildman–Crippen LogP) is -2.29. The van der Waals surface area contributed by atoms with E-state index in [0.29, 0.717) is 32.5 Å². The number of aliphatic hydroxyl groups excluding tert-OH is 1. The van der Waals surface area contributed by atoms with E-state index in [1.54, 1.807) is 17.3 Å². The Morgan fingerprint density at radius 1 is 1.39 bits per heavy atom. The smallest absolute Gasteiger partial charge is 0.240 e. The fourth-order valence-electron chi connectivity index (χ4n) is 3.26. The van der Waals surface area contributed by atoms with Crippen LogP contribution < -0.4 is 16.8 Å². The van der Waals surface area contributed by atoms with E-state index in [-0.39, 0.29) is 35.6 Å². The van der Waals surface area contributed by atoms with E-state index in [2.05, 4.69) is 15.3 Å². The lowest BCUT2D eigenvalue weighted by atomic mass is 10.1. The zero-order valence-corrected chi connectivity index (χ0v) is 18.1. The van der Waals surface area contributed by atoms with Gasteiger partial charge in [0.1, 0.15) is 0 Å². The second-order valence-corrected chi connectivity index (χ2v) is 8.14. The summed E-state index contributed by atoms with van der Waals surface area (Å²) < 4.78 is 0. The third-order valence-electron chi connectivity index (χ3n) is 4.86. The number of amides is 2. The molecule has 1 aliphatic heterocycles. The molecule has 0 saturated carbocycles. The molecule has 1 aromatic heterocycles. The Morgan fingerprint density at radius 3 is 2.74 bits per heavy atom. The molecule has 0 aliphatic carbocycles. The summed E-state index contributed by atoms with van der Waals surface area (Å²) in [4.78, 5) is 49.0. The first-order valence-electron chi connectivity index (χ1n) is 9.82. The molecule has 2 amide bonds.